The number of amides is 1. The van der Waals surface area contributed by atoms with E-state index < -0.39 is 12.0 Å². The maximum Gasteiger partial charge on any atom is 0.337 e. The number of carbonyl (C=O) groups is 2. The fourth-order valence-corrected chi connectivity index (χ4v) is 4.36. The Balaban J connectivity index is 1.89. The lowest BCUT2D eigenvalue weighted by atomic mass is 9.86. The van der Waals surface area contributed by atoms with Crippen LogP contribution in [0.1, 0.15) is 46.9 Å². The molecule has 176 valence electrons. The Morgan fingerprint density at radius 2 is 1.59 bits per heavy atom. The SMILES string of the molecule is CCOc1cc2c(cc1OCC)[C@@H](c1ccc(C(=O)OC)cc1)N(c1ccc(Cl)cc1)C(=O)C2. The molecule has 0 fully saturated rings. The maximum atomic E-state index is 13.5. The second-order valence-electron chi connectivity index (χ2n) is 7.80. The quantitative estimate of drug-likeness (QED) is 0.412. The molecule has 0 radical (unpaired) electrons. The predicted octanol–water partition coefficient (Wildman–Crippen LogP) is 5.60. The molecule has 0 aliphatic carbocycles. The Morgan fingerprint density at radius 3 is 2.18 bits per heavy atom. The number of rotatable bonds is 7. The zero-order chi connectivity index (χ0) is 24.2. The largest absolute Gasteiger partial charge is 0.490 e. The third-order valence-electron chi connectivity index (χ3n) is 5.72. The first-order valence-corrected chi connectivity index (χ1v) is 11.5. The predicted molar refractivity (Wildman–Crippen MR) is 131 cm³/mol. The molecule has 7 heteroatoms. The summed E-state index contributed by atoms with van der Waals surface area (Å²) in [5.74, 6) is 0.782. The summed E-state index contributed by atoms with van der Waals surface area (Å²) >= 11 is 6.11. The molecule has 1 aliphatic heterocycles. The second kappa shape index (κ2) is 10.2. The number of halogens is 1. The van der Waals surface area contributed by atoms with Gasteiger partial charge in [0.15, 0.2) is 11.5 Å². The standard InChI is InChI=1S/C27H26ClNO5/c1-4-33-23-14-19-15-25(30)29(21-12-10-20(28)11-13-21)26(22(19)16-24(23)34-5-2)17-6-8-18(9-7-17)27(31)32-3/h6-14,16,26H,4-5,15H2,1-3H3/t26-/m1/s1. The lowest BCUT2D eigenvalue weighted by molar-refractivity contribution is -0.118. The smallest absolute Gasteiger partial charge is 0.337 e. The van der Waals surface area contributed by atoms with Gasteiger partial charge < -0.3 is 19.1 Å². The van der Waals surface area contributed by atoms with E-state index in [1.807, 2.05) is 50.2 Å². The van der Waals surface area contributed by atoms with Gasteiger partial charge in [-0.3, -0.25) is 4.79 Å². The molecule has 34 heavy (non-hydrogen) atoms. The fourth-order valence-electron chi connectivity index (χ4n) is 4.24. The van der Waals surface area contributed by atoms with E-state index in [9.17, 15) is 9.59 Å². The number of carbonyl (C=O) groups excluding carboxylic acids is 2. The number of hydrogen-bond donors (Lipinski definition) is 0. The minimum atomic E-state index is -0.431. The Kier molecular flexibility index (Phi) is 7.08. The highest BCUT2D eigenvalue weighted by Gasteiger charge is 2.36. The topological polar surface area (TPSA) is 65.1 Å². The van der Waals surface area contributed by atoms with E-state index in [0.29, 0.717) is 35.3 Å². The zero-order valence-electron chi connectivity index (χ0n) is 19.3. The van der Waals surface area contributed by atoms with Gasteiger partial charge in [0.2, 0.25) is 5.91 Å². The van der Waals surface area contributed by atoms with Crippen LogP contribution in [0.3, 0.4) is 0 Å². The summed E-state index contributed by atoms with van der Waals surface area (Å²) in [6.45, 7) is 4.80. The number of nitrogens with zero attached hydrogens (tertiary/aromatic N) is 1. The Hall–Kier alpha value is -3.51. The van der Waals surface area contributed by atoms with Crippen molar-refractivity contribution in [1.29, 1.82) is 0 Å². The molecule has 0 bridgehead atoms. The molecule has 1 aliphatic rings. The van der Waals surface area contributed by atoms with Gasteiger partial charge in [-0.25, -0.2) is 4.79 Å². The highest BCUT2D eigenvalue weighted by molar-refractivity contribution is 6.30. The van der Waals surface area contributed by atoms with Crippen LogP contribution in [0.25, 0.3) is 0 Å². The third-order valence-corrected chi connectivity index (χ3v) is 5.97. The summed E-state index contributed by atoms with van der Waals surface area (Å²) in [6, 6.07) is 17.7. The van der Waals surface area contributed by atoms with Gasteiger partial charge in [0.25, 0.3) is 0 Å². The molecular weight excluding hydrogens is 454 g/mol. The normalized spacial score (nSPS) is 15.0. The number of anilines is 1. The van der Waals surface area contributed by atoms with Crippen molar-refractivity contribution in [2.24, 2.45) is 0 Å². The molecule has 0 aromatic heterocycles. The number of ether oxygens (including phenoxy) is 3. The van der Waals surface area contributed by atoms with Crippen molar-refractivity contribution in [3.05, 3.63) is 87.9 Å². The van der Waals surface area contributed by atoms with E-state index >= 15 is 0 Å². The van der Waals surface area contributed by atoms with Crippen molar-refractivity contribution in [3.63, 3.8) is 0 Å². The van der Waals surface area contributed by atoms with Crippen molar-refractivity contribution in [1.82, 2.24) is 0 Å². The lowest BCUT2D eigenvalue weighted by Crippen LogP contribution is -2.41. The van der Waals surface area contributed by atoms with Crippen LogP contribution in [-0.4, -0.2) is 32.2 Å². The lowest BCUT2D eigenvalue weighted by Gasteiger charge is -2.38. The number of fused-ring (bicyclic) bond motifs is 1. The van der Waals surface area contributed by atoms with Crippen LogP contribution in [0.5, 0.6) is 11.5 Å². The fraction of sp³-hybridized carbons (Fsp3) is 0.259. The first-order chi connectivity index (χ1) is 16.5. The van der Waals surface area contributed by atoms with Crippen molar-refractivity contribution in [2.75, 3.05) is 25.2 Å². The van der Waals surface area contributed by atoms with Crippen LogP contribution < -0.4 is 14.4 Å². The number of benzene rings is 3. The van der Waals surface area contributed by atoms with Crippen LogP contribution in [0.2, 0.25) is 5.02 Å². The summed E-state index contributed by atoms with van der Waals surface area (Å²) < 4.78 is 16.5. The summed E-state index contributed by atoms with van der Waals surface area (Å²) in [4.78, 5) is 27.2. The summed E-state index contributed by atoms with van der Waals surface area (Å²) in [6.07, 6.45) is 0.223. The molecule has 4 rings (SSSR count). The van der Waals surface area contributed by atoms with Gasteiger partial charge in [-0.1, -0.05) is 23.7 Å². The van der Waals surface area contributed by atoms with Crippen LogP contribution in [0.4, 0.5) is 5.69 Å². The van der Waals surface area contributed by atoms with E-state index in [1.54, 1.807) is 29.2 Å². The van der Waals surface area contributed by atoms with Gasteiger partial charge in [-0.2, -0.15) is 0 Å². The van der Waals surface area contributed by atoms with Crippen LogP contribution >= 0.6 is 11.6 Å². The Morgan fingerprint density at radius 1 is 0.971 bits per heavy atom. The molecule has 1 atom stereocenters. The van der Waals surface area contributed by atoms with Crippen molar-refractivity contribution < 1.29 is 23.8 Å². The molecule has 3 aromatic rings. The van der Waals surface area contributed by atoms with Crippen molar-refractivity contribution in [3.8, 4) is 11.5 Å². The molecule has 6 nitrogen and oxygen atoms in total. The molecule has 0 saturated heterocycles. The van der Waals surface area contributed by atoms with Crippen LogP contribution in [-0.2, 0) is 16.0 Å². The van der Waals surface area contributed by atoms with Crippen molar-refractivity contribution in [2.45, 2.75) is 26.3 Å². The highest BCUT2D eigenvalue weighted by atomic mass is 35.5. The third kappa shape index (κ3) is 4.59. The van der Waals surface area contributed by atoms with E-state index in [1.165, 1.54) is 7.11 Å². The number of esters is 1. The number of methoxy groups -OCH3 is 1. The Labute approximate surface area is 204 Å². The molecule has 3 aromatic carbocycles. The van der Waals surface area contributed by atoms with E-state index in [4.69, 9.17) is 25.8 Å². The van der Waals surface area contributed by atoms with Crippen LogP contribution in [0, 0.1) is 0 Å². The first kappa shape index (κ1) is 23.6. The average Bonchev–Trinajstić information content (AvgIpc) is 2.84. The van der Waals surface area contributed by atoms with Gasteiger partial charge in [0.1, 0.15) is 0 Å². The van der Waals surface area contributed by atoms with Gasteiger partial charge in [0, 0.05) is 10.7 Å². The minimum Gasteiger partial charge on any atom is -0.490 e. The second-order valence-corrected chi connectivity index (χ2v) is 8.23. The summed E-state index contributed by atoms with van der Waals surface area (Å²) in [5, 5.41) is 0.590. The van der Waals surface area contributed by atoms with Crippen molar-refractivity contribution >= 4 is 29.2 Å². The van der Waals surface area contributed by atoms with Gasteiger partial charge >= 0.3 is 5.97 Å². The molecule has 0 saturated carbocycles. The van der Waals surface area contributed by atoms with Gasteiger partial charge in [-0.15, -0.1) is 0 Å². The maximum absolute atomic E-state index is 13.5. The molecular formula is C27H26ClNO5. The van der Waals surface area contributed by atoms with E-state index in [-0.39, 0.29) is 12.3 Å². The molecule has 0 N–H and O–H groups in total. The van der Waals surface area contributed by atoms with Gasteiger partial charge in [-0.05, 0) is 79.1 Å². The van der Waals surface area contributed by atoms with Crippen LogP contribution in [0.15, 0.2) is 60.7 Å². The summed E-state index contributed by atoms with van der Waals surface area (Å²) in [5.41, 5.74) is 3.84. The molecule has 0 unspecified atom stereocenters. The summed E-state index contributed by atoms with van der Waals surface area (Å²) in [7, 11) is 1.35. The highest BCUT2D eigenvalue weighted by Crippen LogP contribution is 2.43. The van der Waals surface area contributed by atoms with E-state index in [0.717, 1.165) is 22.4 Å². The van der Waals surface area contributed by atoms with E-state index in [2.05, 4.69) is 0 Å². The van der Waals surface area contributed by atoms with Gasteiger partial charge in [0.05, 0.1) is 38.3 Å². The molecule has 1 amide bonds. The zero-order valence-corrected chi connectivity index (χ0v) is 20.1. The first-order valence-electron chi connectivity index (χ1n) is 11.1. The Bertz CT molecular complexity index is 1190. The monoisotopic (exact) mass is 479 g/mol. The average molecular weight is 480 g/mol. The molecule has 0 spiro atoms. The molecule has 1 heterocycles. The minimum absolute atomic E-state index is 0.0523. The number of hydrogen-bond acceptors (Lipinski definition) is 5.